The summed E-state index contributed by atoms with van der Waals surface area (Å²) in [6, 6.07) is 11.2. The molecule has 2 saturated heterocycles. The van der Waals surface area contributed by atoms with Crippen molar-refractivity contribution in [1.29, 1.82) is 0 Å². The Hall–Kier alpha value is -2.21. The van der Waals surface area contributed by atoms with Crippen molar-refractivity contribution in [2.75, 3.05) is 57.8 Å². The summed E-state index contributed by atoms with van der Waals surface area (Å²) in [6.45, 7) is 7.58. The highest BCUT2D eigenvalue weighted by atomic mass is 16.3. The van der Waals surface area contributed by atoms with Crippen LogP contribution in [-0.2, 0) is 6.42 Å². The van der Waals surface area contributed by atoms with Gasteiger partial charge in [-0.15, -0.1) is 0 Å². The zero-order valence-corrected chi connectivity index (χ0v) is 18.6. The fraction of sp³-hybridized carbons (Fsp3) is 0.500. The van der Waals surface area contributed by atoms with Gasteiger partial charge in [0.15, 0.2) is 0 Å². The number of aliphatic hydroxyl groups is 1. The molecule has 31 heavy (non-hydrogen) atoms. The topological polar surface area (TPSA) is 42.8 Å². The summed E-state index contributed by atoms with van der Waals surface area (Å²) < 4.78 is 0. The maximum Gasteiger partial charge on any atom is 0.0777 e. The van der Waals surface area contributed by atoms with Gasteiger partial charge in [0.2, 0.25) is 0 Å². The zero-order chi connectivity index (χ0) is 21.2. The van der Waals surface area contributed by atoms with Crippen molar-refractivity contribution < 1.29 is 5.11 Å². The highest BCUT2D eigenvalue weighted by Gasteiger charge is 2.21. The molecular formula is C26H34N4O. The minimum Gasteiger partial charge on any atom is -0.393 e. The lowest BCUT2D eigenvalue weighted by molar-refractivity contribution is 0.0832. The zero-order valence-electron chi connectivity index (χ0n) is 18.6. The molecule has 1 aliphatic carbocycles. The number of aromatic nitrogens is 1. The second kappa shape index (κ2) is 9.11. The number of likely N-dealkylation sites (N-methyl/N-ethyl adjacent to an activating group) is 1. The van der Waals surface area contributed by atoms with E-state index in [1.165, 1.54) is 28.0 Å². The fourth-order valence-corrected chi connectivity index (χ4v) is 5.06. The molecule has 3 aliphatic rings. The SMILES string of the molecule is CN1CCN(c2ccc(-c3nccc4c3C=C(CCN3CCC(O)CC3)C4)cc2)CC1. The number of aliphatic hydroxyl groups excluding tert-OH is 1. The quantitative estimate of drug-likeness (QED) is 0.807. The molecule has 2 aliphatic heterocycles. The van der Waals surface area contributed by atoms with Gasteiger partial charge in [0.25, 0.3) is 0 Å². The van der Waals surface area contributed by atoms with Gasteiger partial charge in [-0.2, -0.15) is 0 Å². The molecule has 1 N–H and O–H groups in total. The van der Waals surface area contributed by atoms with E-state index < -0.39 is 0 Å². The molecular weight excluding hydrogens is 384 g/mol. The van der Waals surface area contributed by atoms with Crippen molar-refractivity contribution in [3.05, 3.63) is 53.2 Å². The molecule has 0 spiro atoms. The minimum atomic E-state index is -0.0949. The molecule has 0 saturated carbocycles. The highest BCUT2D eigenvalue weighted by molar-refractivity contribution is 5.78. The molecule has 164 valence electrons. The van der Waals surface area contributed by atoms with Gasteiger partial charge >= 0.3 is 0 Å². The maximum atomic E-state index is 9.72. The van der Waals surface area contributed by atoms with Crippen LogP contribution in [0.15, 0.2) is 42.1 Å². The number of hydrogen-bond acceptors (Lipinski definition) is 5. The number of piperidine rings is 1. The van der Waals surface area contributed by atoms with Gasteiger partial charge in [0, 0.05) is 68.8 Å². The largest absolute Gasteiger partial charge is 0.393 e. The van der Waals surface area contributed by atoms with Gasteiger partial charge in [0.1, 0.15) is 0 Å². The standard InChI is InChI=1S/C26H34N4O/c1-28-14-16-30(17-15-28)23-4-2-21(3-5-23)26-25-19-20(18-22(25)6-10-27-26)7-11-29-12-8-24(31)9-13-29/h2-6,10,19,24,31H,7-9,11-18H2,1H3. The number of rotatable bonds is 5. The number of anilines is 1. The van der Waals surface area contributed by atoms with Crippen molar-refractivity contribution >= 4 is 11.8 Å². The Morgan fingerprint density at radius 2 is 1.71 bits per heavy atom. The predicted molar refractivity (Wildman–Crippen MR) is 127 cm³/mol. The summed E-state index contributed by atoms with van der Waals surface area (Å²) in [4.78, 5) is 12.1. The number of pyridine rings is 1. The summed E-state index contributed by atoms with van der Waals surface area (Å²) in [5.41, 5.74) is 7.84. The molecule has 0 bridgehead atoms. The van der Waals surface area contributed by atoms with Crippen molar-refractivity contribution in [2.45, 2.75) is 31.8 Å². The minimum absolute atomic E-state index is 0.0949. The highest BCUT2D eigenvalue weighted by Crippen LogP contribution is 2.34. The Morgan fingerprint density at radius 1 is 0.968 bits per heavy atom. The monoisotopic (exact) mass is 418 g/mol. The Bertz CT molecular complexity index is 923. The van der Waals surface area contributed by atoms with Crippen molar-refractivity contribution in [1.82, 2.24) is 14.8 Å². The van der Waals surface area contributed by atoms with Gasteiger partial charge in [0.05, 0.1) is 11.8 Å². The van der Waals surface area contributed by atoms with Crippen LogP contribution in [0.1, 0.15) is 30.4 Å². The maximum absolute atomic E-state index is 9.72. The van der Waals surface area contributed by atoms with Crippen LogP contribution in [0.25, 0.3) is 17.3 Å². The van der Waals surface area contributed by atoms with Crippen LogP contribution in [0.2, 0.25) is 0 Å². The lowest BCUT2D eigenvalue weighted by Gasteiger charge is -2.34. The van der Waals surface area contributed by atoms with Crippen LogP contribution in [-0.4, -0.2) is 78.9 Å². The lowest BCUT2D eigenvalue weighted by atomic mass is 10.0. The van der Waals surface area contributed by atoms with E-state index >= 15 is 0 Å². The Morgan fingerprint density at radius 3 is 2.45 bits per heavy atom. The first-order chi connectivity index (χ1) is 15.2. The summed E-state index contributed by atoms with van der Waals surface area (Å²) in [5.74, 6) is 0. The second-order valence-corrected chi connectivity index (χ2v) is 9.37. The predicted octanol–water partition coefficient (Wildman–Crippen LogP) is 3.29. The number of likely N-dealkylation sites (tertiary alicyclic amines) is 1. The van der Waals surface area contributed by atoms with Gasteiger partial charge in [-0.1, -0.05) is 23.8 Å². The summed E-state index contributed by atoms with van der Waals surface area (Å²) in [5, 5.41) is 9.72. The third-order valence-electron chi connectivity index (χ3n) is 7.16. The first kappa shape index (κ1) is 20.7. The van der Waals surface area contributed by atoms with Crippen LogP contribution >= 0.6 is 0 Å². The molecule has 5 heteroatoms. The molecule has 2 aromatic rings. The summed E-state index contributed by atoms with van der Waals surface area (Å²) >= 11 is 0. The van der Waals surface area contributed by atoms with Gasteiger partial charge in [-0.25, -0.2) is 0 Å². The normalized spacial score (nSPS) is 20.7. The van der Waals surface area contributed by atoms with Gasteiger partial charge < -0.3 is 19.8 Å². The molecule has 1 aromatic heterocycles. The molecule has 2 fully saturated rings. The molecule has 0 atom stereocenters. The summed E-state index contributed by atoms with van der Waals surface area (Å²) in [7, 11) is 2.20. The molecule has 0 radical (unpaired) electrons. The van der Waals surface area contributed by atoms with Gasteiger partial charge in [-0.05, 0) is 56.5 Å². The van der Waals surface area contributed by atoms with E-state index in [1.807, 2.05) is 6.20 Å². The van der Waals surface area contributed by atoms with E-state index in [0.717, 1.165) is 77.2 Å². The van der Waals surface area contributed by atoms with Crippen LogP contribution in [0.3, 0.4) is 0 Å². The van der Waals surface area contributed by atoms with E-state index in [9.17, 15) is 5.11 Å². The molecule has 5 rings (SSSR count). The van der Waals surface area contributed by atoms with Crippen molar-refractivity contribution in [2.24, 2.45) is 0 Å². The summed E-state index contributed by atoms with van der Waals surface area (Å²) in [6.07, 6.45) is 8.22. The van der Waals surface area contributed by atoms with Crippen LogP contribution < -0.4 is 4.90 Å². The van der Waals surface area contributed by atoms with E-state index in [1.54, 1.807) is 0 Å². The first-order valence-corrected chi connectivity index (χ1v) is 11.8. The molecule has 3 heterocycles. The van der Waals surface area contributed by atoms with Crippen molar-refractivity contribution in [3.63, 3.8) is 0 Å². The second-order valence-electron chi connectivity index (χ2n) is 9.37. The molecule has 0 amide bonds. The average Bonchev–Trinajstić information content (AvgIpc) is 3.23. The number of hydrogen-bond donors (Lipinski definition) is 1. The number of piperazine rings is 1. The average molecular weight is 419 g/mol. The first-order valence-electron chi connectivity index (χ1n) is 11.8. The molecule has 1 aromatic carbocycles. The van der Waals surface area contributed by atoms with E-state index in [0.29, 0.717) is 0 Å². The van der Waals surface area contributed by atoms with Crippen LogP contribution in [0.4, 0.5) is 5.69 Å². The third kappa shape index (κ3) is 4.69. The fourth-order valence-electron chi connectivity index (χ4n) is 5.06. The smallest absolute Gasteiger partial charge is 0.0777 e. The van der Waals surface area contributed by atoms with Crippen molar-refractivity contribution in [3.8, 4) is 11.3 Å². The third-order valence-corrected chi connectivity index (χ3v) is 7.16. The number of nitrogens with zero attached hydrogens (tertiary/aromatic N) is 4. The Labute approximate surface area is 186 Å². The number of fused-ring (bicyclic) bond motifs is 1. The molecule has 0 unspecified atom stereocenters. The lowest BCUT2D eigenvalue weighted by Crippen LogP contribution is -2.44. The Balaban J connectivity index is 1.27. The van der Waals surface area contributed by atoms with Crippen LogP contribution in [0, 0.1) is 0 Å². The van der Waals surface area contributed by atoms with E-state index in [2.05, 4.69) is 58.2 Å². The van der Waals surface area contributed by atoms with E-state index in [-0.39, 0.29) is 6.10 Å². The van der Waals surface area contributed by atoms with E-state index in [4.69, 9.17) is 4.98 Å². The molecule has 5 nitrogen and oxygen atoms in total. The number of benzene rings is 1. The Kier molecular flexibility index (Phi) is 6.08. The van der Waals surface area contributed by atoms with Crippen LogP contribution in [0.5, 0.6) is 0 Å². The van der Waals surface area contributed by atoms with Gasteiger partial charge in [-0.3, -0.25) is 4.98 Å².